The van der Waals surface area contributed by atoms with Crippen LogP contribution in [0.5, 0.6) is 23.0 Å². The van der Waals surface area contributed by atoms with Crippen LogP contribution in [0.4, 0.5) is 0 Å². The van der Waals surface area contributed by atoms with Gasteiger partial charge in [0.25, 0.3) is 0 Å². The predicted octanol–water partition coefficient (Wildman–Crippen LogP) is 27.7. The van der Waals surface area contributed by atoms with Crippen LogP contribution in [0.25, 0.3) is 0 Å². The fourth-order valence-electron chi connectivity index (χ4n) is 6.86. The van der Waals surface area contributed by atoms with Gasteiger partial charge in [0, 0.05) is 17.7 Å². The average molecular weight is 1400 g/mol. The highest BCUT2D eigenvalue weighted by Crippen LogP contribution is 2.40. The molecule has 8 heteroatoms. The highest BCUT2D eigenvalue weighted by Gasteiger charge is 2.20. The molecule has 0 radical (unpaired) electrons. The zero-order valence-corrected chi connectivity index (χ0v) is 70.3. The number of methoxy groups -OCH3 is 3. The maximum atomic E-state index is 9.73. The first-order valence-corrected chi connectivity index (χ1v) is 36.5. The van der Waals surface area contributed by atoms with Crippen LogP contribution in [-0.4, -0.2) is 55.6 Å². The van der Waals surface area contributed by atoms with Crippen molar-refractivity contribution in [3.05, 3.63) is 130 Å². The van der Waals surface area contributed by atoms with Gasteiger partial charge in [0.1, 0.15) is 5.75 Å². The molecule has 0 aliphatic carbocycles. The number of thiol groups is 1. The van der Waals surface area contributed by atoms with Crippen molar-refractivity contribution in [1.29, 1.82) is 0 Å². The van der Waals surface area contributed by atoms with E-state index in [-0.39, 0.29) is 29.4 Å². The summed E-state index contributed by atoms with van der Waals surface area (Å²) in [4.78, 5) is 0. The Labute approximate surface area is 602 Å². The average Bonchev–Trinajstić information content (AvgIpc) is 0.823. The Kier molecular flexibility index (Phi) is 66.4. The first-order valence-electron chi connectivity index (χ1n) is 35.0. The molecule has 0 saturated heterocycles. The van der Waals surface area contributed by atoms with Crippen molar-refractivity contribution in [3.63, 3.8) is 0 Å². The summed E-state index contributed by atoms with van der Waals surface area (Å²) in [6.07, 6.45) is 14.0. The van der Waals surface area contributed by atoms with Crippen LogP contribution in [0.1, 0.15) is 309 Å². The van der Waals surface area contributed by atoms with E-state index >= 15 is 0 Å². The number of aliphatic hydroxyl groups excluding tert-OH is 2. The van der Waals surface area contributed by atoms with E-state index in [1.54, 1.807) is 7.11 Å². The molecule has 4 aromatic rings. The SMILES string of the molecule is C.C=CC(C)C.CC(C)(C)C.CC(C)(C)CCCO.CC(C)(C)CCCO.CC(C)(C)Cc1ccccc1.CC(C)(C)c1ccc(Br)cc1.CC(C)C.CC(C)CCS.CCCCCC(C)C.COc1cc(C(C)(C)C)cc(OC)c1O.COc1ccc(C(C)(C)C)cc1. The van der Waals surface area contributed by atoms with E-state index in [4.69, 9.17) is 24.4 Å². The fourth-order valence-corrected chi connectivity index (χ4v) is 7.64. The number of halogens is 1. The number of aromatic hydroxyl groups is 1. The molecule has 0 amide bonds. The van der Waals surface area contributed by atoms with Gasteiger partial charge in [-0.05, 0) is 165 Å². The number of allylic oxidation sites excluding steroid dienone is 1. The molecule has 0 unspecified atom stereocenters. The lowest BCUT2D eigenvalue weighted by atomic mass is 9.86. The summed E-state index contributed by atoms with van der Waals surface area (Å²) in [5.41, 5.74) is 7.38. The molecular weight excluding hydrogens is 1240 g/mol. The minimum absolute atomic E-state index is 0. The number of unbranched alkanes of at least 4 members (excludes halogenated alkanes) is 2. The van der Waals surface area contributed by atoms with Crippen LogP contribution in [0.2, 0.25) is 0 Å². The van der Waals surface area contributed by atoms with Crippen LogP contribution in [-0.2, 0) is 22.7 Å². The summed E-state index contributed by atoms with van der Waals surface area (Å²) < 4.78 is 16.4. The molecule has 4 aromatic carbocycles. The van der Waals surface area contributed by atoms with Gasteiger partial charge in [-0.25, -0.2) is 0 Å². The Morgan fingerprint density at radius 2 is 0.819 bits per heavy atom. The van der Waals surface area contributed by atoms with E-state index in [0.717, 1.165) is 71.4 Å². The van der Waals surface area contributed by atoms with E-state index in [0.29, 0.717) is 52.3 Å². The lowest BCUT2D eigenvalue weighted by Gasteiger charge is -2.21. The molecule has 0 atom stereocenters. The van der Waals surface area contributed by atoms with E-state index in [1.807, 2.05) is 30.3 Å². The van der Waals surface area contributed by atoms with Crippen molar-refractivity contribution in [3.8, 4) is 23.0 Å². The van der Waals surface area contributed by atoms with E-state index < -0.39 is 0 Å². The summed E-state index contributed by atoms with van der Waals surface area (Å²) in [7, 11) is 4.74. The van der Waals surface area contributed by atoms with Gasteiger partial charge in [0.2, 0.25) is 5.75 Å². The summed E-state index contributed by atoms with van der Waals surface area (Å²) in [5.74, 6) is 6.09. The number of rotatable bonds is 15. The summed E-state index contributed by atoms with van der Waals surface area (Å²) >= 11 is 7.47. The molecule has 0 aromatic heterocycles. The Balaban J connectivity index is -0.000000147. The highest BCUT2D eigenvalue weighted by atomic mass is 79.9. The molecule has 0 fully saturated rings. The zero-order valence-electron chi connectivity index (χ0n) is 67.8. The fraction of sp³-hybridized carbons (Fsp3) is 0.698. The normalized spacial score (nSPS) is 11.0. The van der Waals surface area contributed by atoms with Crippen LogP contribution < -0.4 is 14.2 Å². The molecular formula is C86H161BrO6S. The van der Waals surface area contributed by atoms with Gasteiger partial charge in [0.05, 0.1) is 21.3 Å². The minimum Gasteiger partial charge on any atom is -0.502 e. The van der Waals surface area contributed by atoms with Crippen molar-refractivity contribution >= 4 is 28.6 Å². The van der Waals surface area contributed by atoms with Gasteiger partial charge in [-0.15, -0.1) is 6.58 Å². The number of hydrogen-bond donors (Lipinski definition) is 4. The van der Waals surface area contributed by atoms with E-state index in [2.05, 4.69) is 323 Å². The maximum Gasteiger partial charge on any atom is 0.200 e. The largest absolute Gasteiger partial charge is 0.502 e. The quantitative estimate of drug-likeness (QED) is 0.0539. The molecule has 0 aliphatic heterocycles. The van der Waals surface area contributed by atoms with Crippen LogP contribution in [0.3, 0.4) is 0 Å². The number of hydrogen-bond acceptors (Lipinski definition) is 7. The number of ether oxygens (including phenoxy) is 3. The number of aliphatic hydroxyl groups is 2. The standard InChI is InChI=1S/C12H18O3.C11H16O.C11H16.C10H13Br.C8H18.2C7H16O.C5H12S.C5H12.C5H10.C4H10.CH4/c1-12(2,3)8-6-9(14-4)11(13)10(7-8)15-5;1-11(2,3)9-5-7-10(12-4)8-6-9;1-11(2,3)9-10-7-5-4-6-8-10;1-10(2,3)8-4-6-9(11)7-5-8;1-4-5-6-7-8(2)3;2*1-7(2,3)5-4-6-8;1-5(2)3-4-6;1-5(2,3)4;1-4-5(2)3;1-4(2)3;/h6-7,13H,1-5H3;5-8H,1-4H3;4-8H,9H2,1-3H3;4-7H,1-3H3;8H,4-7H2,1-3H3;2*8H,4-6H2,1-3H3;5-6H,3-4H2,1-2H3;1-4H3;4-5H,1H2,2-3H3;4H,1-3H3;1H4. The molecule has 554 valence electrons. The second kappa shape index (κ2) is 58.5. The molecule has 0 bridgehead atoms. The molecule has 0 aliphatic rings. The summed E-state index contributed by atoms with van der Waals surface area (Å²) in [5, 5.41) is 26.6. The summed E-state index contributed by atoms with van der Waals surface area (Å²) in [6.45, 7) is 74.4. The third kappa shape index (κ3) is 84.7. The van der Waals surface area contributed by atoms with Crippen LogP contribution in [0, 0.1) is 45.3 Å². The number of phenolic OH excluding ortho intramolecular Hbond substituents is 1. The van der Waals surface area contributed by atoms with Crippen molar-refractivity contribution in [2.45, 2.75) is 309 Å². The van der Waals surface area contributed by atoms with Crippen LogP contribution >= 0.6 is 28.6 Å². The van der Waals surface area contributed by atoms with Gasteiger partial charge in [-0.3, -0.25) is 0 Å². The molecule has 0 saturated carbocycles. The van der Waals surface area contributed by atoms with Crippen LogP contribution in [0.15, 0.2) is 108 Å². The van der Waals surface area contributed by atoms with Crippen molar-refractivity contribution in [2.24, 2.45) is 45.3 Å². The Hall–Kier alpha value is -3.43. The van der Waals surface area contributed by atoms with Crippen molar-refractivity contribution in [2.75, 3.05) is 40.3 Å². The molecule has 94 heavy (non-hydrogen) atoms. The summed E-state index contributed by atoms with van der Waals surface area (Å²) in [6, 6.07) is 31.0. The van der Waals surface area contributed by atoms with Gasteiger partial charge in [-0.1, -0.05) is 331 Å². The smallest absolute Gasteiger partial charge is 0.200 e. The van der Waals surface area contributed by atoms with E-state index in [1.165, 1.54) is 63.0 Å². The Morgan fingerprint density at radius 3 is 1.03 bits per heavy atom. The lowest BCUT2D eigenvalue weighted by Crippen LogP contribution is -2.11. The Morgan fingerprint density at radius 1 is 0.489 bits per heavy atom. The molecule has 3 N–H and O–H groups in total. The third-order valence-corrected chi connectivity index (χ3v) is 13.1. The topological polar surface area (TPSA) is 88.4 Å². The highest BCUT2D eigenvalue weighted by molar-refractivity contribution is 9.10. The second-order valence-electron chi connectivity index (χ2n) is 34.2. The molecule has 0 heterocycles. The van der Waals surface area contributed by atoms with Crippen molar-refractivity contribution in [1.82, 2.24) is 0 Å². The minimum atomic E-state index is -0.00569. The first-order chi connectivity index (χ1) is 42.2. The predicted molar refractivity (Wildman–Crippen MR) is 435 cm³/mol. The third-order valence-electron chi connectivity index (χ3n) is 12.3. The molecule has 4 rings (SSSR count). The van der Waals surface area contributed by atoms with Gasteiger partial charge in [0.15, 0.2) is 11.5 Å². The lowest BCUT2D eigenvalue weighted by molar-refractivity contribution is 0.251. The molecule has 6 nitrogen and oxygen atoms in total. The second-order valence-corrected chi connectivity index (χ2v) is 35.6. The zero-order chi connectivity index (χ0) is 74.6. The number of phenols is 1. The maximum absolute atomic E-state index is 9.73. The molecule has 0 spiro atoms. The Bertz CT molecular complexity index is 2200. The van der Waals surface area contributed by atoms with Crippen molar-refractivity contribution < 1.29 is 29.5 Å². The first kappa shape index (κ1) is 107. The van der Waals surface area contributed by atoms with Gasteiger partial charge in [-0.2, -0.15) is 12.6 Å². The number of benzene rings is 4. The van der Waals surface area contributed by atoms with E-state index in [9.17, 15) is 5.11 Å². The van der Waals surface area contributed by atoms with Gasteiger partial charge >= 0.3 is 0 Å². The monoisotopic (exact) mass is 1400 g/mol. The van der Waals surface area contributed by atoms with Gasteiger partial charge < -0.3 is 29.5 Å².